The average molecular weight is 224 g/mol. The maximum atomic E-state index is 12.6. The molecule has 0 spiro atoms. The predicted octanol–water partition coefficient (Wildman–Crippen LogP) is 2.39. The summed E-state index contributed by atoms with van der Waals surface area (Å²) < 4.78 is 72.7. The molecule has 1 atom stereocenters. The van der Waals surface area contributed by atoms with Gasteiger partial charge in [-0.3, -0.25) is 4.79 Å². The second kappa shape index (κ2) is 3.32. The van der Waals surface area contributed by atoms with Gasteiger partial charge in [0, 0.05) is 0 Å². The monoisotopic (exact) mass is 224 g/mol. The first kappa shape index (κ1) is 13.1. The third-order valence-electron chi connectivity index (χ3n) is 1.59. The smallest absolute Gasteiger partial charge is 0.428 e. The summed E-state index contributed by atoms with van der Waals surface area (Å²) in [5, 5.41) is 7.86. The fourth-order valence-electron chi connectivity index (χ4n) is 0.563. The van der Waals surface area contributed by atoms with Gasteiger partial charge in [-0.2, -0.15) is 13.2 Å². The van der Waals surface area contributed by atoms with Crippen molar-refractivity contribution in [3.8, 4) is 0 Å². The molecule has 2 nitrogen and oxygen atoms in total. The molecule has 0 aliphatic heterocycles. The quantitative estimate of drug-likeness (QED) is 0.747. The van der Waals surface area contributed by atoms with E-state index < -0.39 is 37.1 Å². The Balaban J connectivity index is 4.97. The number of halogens is 6. The highest BCUT2D eigenvalue weighted by atomic mass is 19.4. The summed E-state index contributed by atoms with van der Waals surface area (Å²) in [6.07, 6.45) is -8.02. The lowest BCUT2D eigenvalue weighted by atomic mass is 9.96. The Morgan fingerprint density at radius 1 is 1.14 bits per heavy atom. The molecule has 8 heteroatoms. The first-order valence-electron chi connectivity index (χ1n) is 3.27. The molecule has 0 saturated heterocycles. The zero-order valence-electron chi connectivity index (χ0n) is 6.83. The molecule has 0 aromatic heterocycles. The Morgan fingerprint density at radius 2 is 1.50 bits per heavy atom. The molecule has 0 aliphatic carbocycles. The van der Waals surface area contributed by atoms with Crippen molar-refractivity contribution in [2.24, 2.45) is 0 Å². The molecule has 1 unspecified atom stereocenters. The van der Waals surface area contributed by atoms with E-state index in [1.807, 2.05) is 0 Å². The Kier molecular flexibility index (Phi) is 3.10. The second-order valence-electron chi connectivity index (χ2n) is 2.78. The lowest BCUT2D eigenvalue weighted by Gasteiger charge is -2.30. The van der Waals surface area contributed by atoms with Gasteiger partial charge in [-0.1, -0.05) is 0 Å². The maximum absolute atomic E-state index is 12.6. The maximum Gasteiger partial charge on any atom is 0.428 e. The van der Waals surface area contributed by atoms with Crippen LogP contribution in [0.3, 0.4) is 0 Å². The molecule has 0 bridgehead atoms. The van der Waals surface area contributed by atoms with E-state index in [2.05, 4.69) is 0 Å². The number of alkyl halides is 6. The zero-order valence-corrected chi connectivity index (χ0v) is 6.83. The van der Waals surface area contributed by atoms with E-state index >= 15 is 0 Å². The van der Waals surface area contributed by atoms with Crippen molar-refractivity contribution in [1.29, 1.82) is 0 Å². The number of hydrogen-bond donors (Lipinski definition) is 1. The summed E-state index contributed by atoms with van der Waals surface area (Å²) in [6.45, 7) is -0.393. The topological polar surface area (TPSA) is 37.3 Å². The molecule has 0 rings (SSSR count). The van der Waals surface area contributed by atoms with Crippen LogP contribution in [0.25, 0.3) is 0 Å². The molecule has 84 valence electrons. The van der Waals surface area contributed by atoms with Crippen LogP contribution >= 0.6 is 0 Å². The minimum absolute atomic E-state index is 0.393. The third kappa shape index (κ3) is 2.30. The molecule has 0 aliphatic rings. The van der Waals surface area contributed by atoms with Gasteiger partial charge in [-0.15, -0.1) is 0 Å². The average Bonchev–Trinajstić information content (AvgIpc) is 1.80. The van der Waals surface area contributed by atoms with E-state index in [-0.39, 0.29) is 0 Å². The largest absolute Gasteiger partial charge is 0.481 e. The van der Waals surface area contributed by atoms with Crippen molar-refractivity contribution in [2.75, 3.05) is 0 Å². The minimum atomic E-state index is -5.81. The minimum Gasteiger partial charge on any atom is -0.481 e. The van der Waals surface area contributed by atoms with Gasteiger partial charge in [-0.05, 0) is 6.92 Å². The van der Waals surface area contributed by atoms with Gasteiger partial charge in [0.05, 0.1) is 0 Å². The van der Waals surface area contributed by atoms with E-state index in [1.165, 1.54) is 0 Å². The van der Waals surface area contributed by atoms with Gasteiger partial charge in [0.25, 0.3) is 5.67 Å². The molecule has 0 amide bonds. The lowest BCUT2D eigenvalue weighted by molar-refractivity contribution is -0.295. The molecule has 0 aromatic carbocycles. The summed E-state index contributed by atoms with van der Waals surface area (Å²) in [4.78, 5) is 9.77. The molecule has 0 heterocycles. The van der Waals surface area contributed by atoms with E-state index in [1.54, 1.807) is 0 Å². The zero-order chi connectivity index (χ0) is 11.8. The van der Waals surface area contributed by atoms with Crippen LogP contribution < -0.4 is 0 Å². The summed E-state index contributed by atoms with van der Waals surface area (Å²) >= 11 is 0. The molecule has 0 radical (unpaired) electrons. The Labute approximate surface area is 74.5 Å². The first-order valence-corrected chi connectivity index (χ1v) is 3.27. The summed E-state index contributed by atoms with van der Waals surface area (Å²) in [5.74, 6) is -7.19. The highest BCUT2D eigenvalue weighted by Gasteiger charge is 2.68. The molecular formula is C6H6F6O2. The third-order valence-corrected chi connectivity index (χ3v) is 1.59. The van der Waals surface area contributed by atoms with Crippen LogP contribution in [0.2, 0.25) is 0 Å². The molecule has 0 aromatic rings. The number of carbonyl (C=O) groups is 1. The van der Waals surface area contributed by atoms with Crippen LogP contribution in [0.1, 0.15) is 13.3 Å². The van der Waals surface area contributed by atoms with Gasteiger partial charge < -0.3 is 5.11 Å². The van der Waals surface area contributed by atoms with Gasteiger partial charge in [-0.25, -0.2) is 13.2 Å². The highest BCUT2D eigenvalue weighted by Crippen LogP contribution is 2.46. The van der Waals surface area contributed by atoms with Crippen LogP contribution in [-0.2, 0) is 4.79 Å². The van der Waals surface area contributed by atoms with Crippen molar-refractivity contribution in [2.45, 2.75) is 31.1 Å². The van der Waals surface area contributed by atoms with E-state index in [9.17, 15) is 31.1 Å². The van der Waals surface area contributed by atoms with Crippen LogP contribution in [0.4, 0.5) is 26.3 Å². The van der Waals surface area contributed by atoms with Crippen LogP contribution in [-0.4, -0.2) is 28.8 Å². The summed E-state index contributed by atoms with van der Waals surface area (Å²) in [7, 11) is 0. The van der Waals surface area contributed by atoms with E-state index in [4.69, 9.17) is 5.11 Å². The summed E-state index contributed by atoms with van der Waals surface area (Å²) in [6, 6.07) is 0. The second-order valence-corrected chi connectivity index (χ2v) is 2.78. The fraction of sp³-hybridized carbons (Fsp3) is 0.833. The molecule has 0 saturated carbocycles. The van der Waals surface area contributed by atoms with E-state index in [0.29, 0.717) is 0 Å². The van der Waals surface area contributed by atoms with Crippen molar-refractivity contribution < 1.29 is 36.2 Å². The molecule has 14 heavy (non-hydrogen) atoms. The molecular weight excluding hydrogens is 218 g/mol. The van der Waals surface area contributed by atoms with Gasteiger partial charge >= 0.3 is 18.1 Å². The van der Waals surface area contributed by atoms with Crippen LogP contribution in [0.5, 0.6) is 0 Å². The van der Waals surface area contributed by atoms with Crippen LogP contribution in [0.15, 0.2) is 0 Å². The van der Waals surface area contributed by atoms with Crippen molar-refractivity contribution in [1.82, 2.24) is 0 Å². The van der Waals surface area contributed by atoms with Gasteiger partial charge in [0.15, 0.2) is 0 Å². The lowest BCUT2D eigenvalue weighted by Crippen LogP contribution is -2.53. The van der Waals surface area contributed by atoms with Crippen molar-refractivity contribution in [3.63, 3.8) is 0 Å². The Bertz CT molecular complexity index is 231. The number of carboxylic acids is 1. The predicted molar refractivity (Wildman–Crippen MR) is 32.8 cm³/mol. The molecule has 1 N–H and O–H groups in total. The number of rotatable bonds is 3. The number of carboxylic acid groups (broad SMARTS) is 1. The fourth-order valence-corrected chi connectivity index (χ4v) is 0.563. The van der Waals surface area contributed by atoms with Crippen LogP contribution in [0, 0.1) is 0 Å². The van der Waals surface area contributed by atoms with Crippen molar-refractivity contribution >= 4 is 5.97 Å². The van der Waals surface area contributed by atoms with E-state index in [0.717, 1.165) is 0 Å². The van der Waals surface area contributed by atoms with Crippen molar-refractivity contribution in [3.05, 3.63) is 0 Å². The van der Waals surface area contributed by atoms with Gasteiger partial charge in [0.2, 0.25) is 0 Å². The normalized spacial score (nSPS) is 17.6. The Hall–Kier alpha value is -0.950. The molecule has 0 fully saturated rings. The Morgan fingerprint density at radius 3 is 1.71 bits per heavy atom. The number of aliphatic carboxylic acids is 1. The van der Waals surface area contributed by atoms with Gasteiger partial charge in [0.1, 0.15) is 6.42 Å². The highest BCUT2D eigenvalue weighted by molar-refractivity contribution is 5.68. The summed E-state index contributed by atoms with van der Waals surface area (Å²) in [5.41, 5.74) is -4.85. The number of hydrogen-bond acceptors (Lipinski definition) is 1. The SMILES string of the molecule is CC(F)(C(F)(F)F)C(F)(F)CC(=O)O. The standard InChI is InChI=1S/C6H6F6O2/c1-4(7,6(10,11)12)5(8,9)2-3(13)14/h2H2,1H3,(H,13,14). The first-order chi connectivity index (χ1) is 5.92.